The zero-order valence-corrected chi connectivity index (χ0v) is 16.9. The summed E-state index contributed by atoms with van der Waals surface area (Å²) in [6.45, 7) is 2.84. The molecule has 0 aliphatic carbocycles. The summed E-state index contributed by atoms with van der Waals surface area (Å²) >= 11 is 12.1. The van der Waals surface area contributed by atoms with E-state index in [1.54, 1.807) is 25.1 Å². The number of aryl methyl sites for hydroxylation is 1. The van der Waals surface area contributed by atoms with Gasteiger partial charge in [0, 0.05) is 18.3 Å². The molecule has 2 aromatic heterocycles. The van der Waals surface area contributed by atoms with Crippen LogP contribution in [0.5, 0.6) is 11.5 Å². The number of anilines is 1. The molecule has 1 aliphatic rings. The Hall–Kier alpha value is -3.03. The molecule has 3 aromatic rings. The highest BCUT2D eigenvalue weighted by Crippen LogP contribution is 2.31. The molecule has 0 spiro atoms. The number of carbonyl (C=O) groups excluding carboxylic acids is 1. The summed E-state index contributed by atoms with van der Waals surface area (Å²) < 4.78 is 12.5. The van der Waals surface area contributed by atoms with Gasteiger partial charge < -0.3 is 14.8 Å². The molecule has 0 saturated carbocycles. The number of carbonyl (C=O) groups is 1. The van der Waals surface area contributed by atoms with Crippen LogP contribution in [0, 0.1) is 6.92 Å². The molecule has 9 heteroatoms. The van der Waals surface area contributed by atoms with E-state index in [1.807, 2.05) is 18.2 Å². The SMILES string of the molecule is Cc1cc(NC(=O)/C=C\c2ccc3c(c2)OCCO3)n(-c2ncc(Cl)cc2Cl)n1. The Labute approximate surface area is 176 Å². The molecular weight excluding hydrogens is 415 g/mol. The maximum Gasteiger partial charge on any atom is 0.249 e. The average molecular weight is 431 g/mol. The number of rotatable bonds is 4. The van der Waals surface area contributed by atoms with Crippen molar-refractivity contribution in [1.82, 2.24) is 14.8 Å². The Balaban J connectivity index is 1.52. The van der Waals surface area contributed by atoms with Crippen LogP contribution in [0.15, 0.2) is 42.6 Å². The number of benzene rings is 1. The molecule has 0 saturated heterocycles. The van der Waals surface area contributed by atoms with Gasteiger partial charge in [0.25, 0.3) is 0 Å². The van der Waals surface area contributed by atoms with Gasteiger partial charge in [-0.05, 0) is 36.8 Å². The lowest BCUT2D eigenvalue weighted by Crippen LogP contribution is -2.15. The monoisotopic (exact) mass is 430 g/mol. The van der Waals surface area contributed by atoms with Crippen LogP contribution in [-0.2, 0) is 4.79 Å². The quantitative estimate of drug-likeness (QED) is 0.623. The van der Waals surface area contributed by atoms with Crippen molar-refractivity contribution >= 4 is 41.0 Å². The third-order valence-electron chi connectivity index (χ3n) is 4.07. The fourth-order valence-corrected chi connectivity index (χ4v) is 3.28. The topological polar surface area (TPSA) is 78.3 Å². The molecule has 29 heavy (non-hydrogen) atoms. The Morgan fingerprint density at radius 2 is 1.97 bits per heavy atom. The van der Waals surface area contributed by atoms with Gasteiger partial charge in [0.15, 0.2) is 17.3 Å². The molecule has 3 heterocycles. The molecule has 0 fully saturated rings. The van der Waals surface area contributed by atoms with Gasteiger partial charge in [0.05, 0.1) is 15.7 Å². The summed E-state index contributed by atoms with van der Waals surface area (Å²) in [5.41, 5.74) is 1.51. The molecular formula is C20H16Cl2N4O3. The fourth-order valence-electron chi connectivity index (χ4n) is 2.82. The van der Waals surface area contributed by atoms with Crippen LogP contribution in [0.3, 0.4) is 0 Å². The summed E-state index contributed by atoms with van der Waals surface area (Å²) in [6.07, 6.45) is 4.58. The van der Waals surface area contributed by atoms with Crippen LogP contribution in [0.1, 0.15) is 11.3 Å². The second kappa shape index (κ2) is 8.14. The standard InChI is InChI=1S/C20H16Cl2N4O3/c1-12-8-18(26(25-12)20-15(22)10-14(21)11-23-20)24-19(27)5-3-13-2-4-16-17(9-13)29-7-6-28-16/h2-5,8-11H,6-7H2,1H3,(H,24,27)/b5-3-. The summed E-state index contributed by atoms with van der Waals surface area (Å²) in [6, 6.07) is 8.78. The van der Waals surface area contributed by atoms with Crippen molar-refractivity contribution in [1.29, 1.82) is 0 Å². The van der Waals surface area contributed by atoms with Crippen molar-refractivity contribution in [2.75, 3.05) is 18.5 Å². The Kier molecular flexibility index (Phi) is 5.42. The van der Waals surface area contributed by atoms with Crippen LogP contribution in [-0.4, -0.2) is 33.9 Å². The van der Waals surface area contributed by atoms with Crippen molar-refractivity contribution in [2.45, 2.75) is 6.92 Å². The minimum atomic E-state index is -0.328. The van der Waals surface area contributed by atoms with Crippen molar-refractivity contribution in [2.24, 2.45) is 0 Å². The summed E-state index contributed by atoms with van der Waals surface area (Å²) in [7, 11) is 0. The van der Waals surface area contributed by atoms with E-state index in [0.29, 0.717) is 52.1 Å². The highest BCUT2D eigenvalue weighted by molar-refractivity contribution is 6.35. The molecule has 7 nitrogen and oxygen atoms in total. The molecule has 1 aliphatic heterocycles. The third-order valence-corrected chi connectivity index (χ3v) is 4.55. The lowest BCUT2D eigenvalue weighted by Gasteiger charge is -2.18. The van der Waals surface area contributed by atoms with Gasteiger partial charge in [-0.15, -0.1) is 0 Å². The zero-order valence-electron chi connectivity index (χ0n) is 15.4. The van der Waals surface area contributed by atoms with Crippen LogP contribution in [0.25, 0.3) is 11.9 Å². The van der Waals surface area contributed by atoms with E-state index in [0.717, 1.165) is 5.56 Å². The van der Waals surface area contributed by atoms with Gasteiger partial charge >= 0.3 is 0 Å². The summed E-state index contributed by atoms with van der Waals surface area (Å²) in [5, 5.41) is 7.87. The smallest absolute Gasteiger partial charge is 0.249 e. The summed E-state index contributed by atoms with van der Waals surface area (Å²) in [5.74, 6) is 1.85. The number of hydrogen-bond acceptors (Lipinski definition) is 5. The molecule has 0 radical (unpaired) electrons. The second-order valence-corrected chi connectivity index (χ2v) is 7.11. The maximum atomic E-state index is 12.4. The highest BCUT2D eigenvalue weighted by atomic mass is 35.5. The molecule has 4 rings (SSSR count). The van der Waals surface area contributed by atoms with Crippen LogP contribution < -0.4 is 14.8 Å². The number of fused-ring (bicyclic) bond motifs is 1. The van der Waals surface area contributed by atoms with E-state index in [9.17, 15) is 4.79 Å². The minimum Gasteiger partial charge on any atom is -0.486 e. The number of halogens is 2. The number of pyridine rings is 1. The van der Waals surface area contributed by atoms with Gasteiger partial charge in [0.1, 0.15) is 19.0 Å². The van der Waals surface area contributed by atoms with Crippen molar-refractivity contribution in [3.05, 3.63) is 63.9 Å². The highest BCUT2D eigenvalue weighted by Gasteiger charge is 2.14. The van der Waals surface area contributed by atoms with E-state index in [-0.39, 0.29) is 5.91 Å². The number of hydrogen-bond donors (Lipinski definition) is 1. The first-order valence-electron chi connectivity index (χ1n) is 8.76. The van der Waals surface area contributed by atoms with Crippen LogP contribution in [0.2, 0.25) is 10.0 Å². The van der Waals surface area contributed by atoms with Gasteiger partial charge in [-0.2, -0.15) is 9.78 Å². The first kappa shape index (κ1) is 19.3. The predicted molar refractivity (Wildman–Crippen MR) is 111 cm³/mol. The number of amides is 1. The van der Waals surface area contributed by atoms with Gasteiger partial charge in [-0.1, -0.05) is 29.3 Å². The maximum absolute atomic E-state index is 12.4. The van der Waals surface area contributed by atoms with E-state index < -0.39 is 0 Å². The van der Waals surface area contributed by atoms with E-state index in [1.165, 1.54) is 17.0 Å². The van der Waals surface area contributed by atoms with E-state index in [4.69, 9.17) is 32.7 Å². The van der Waals surface area contributed by atoms with Crippen LogP contribution >= 0.6 is 23.2 Å². The van der Waals surface area contributed by atoms with Crippen molar-refractivity contribution < 1.29 is 14.3 Å². The molecule has 0 unspecified atom stereocenters. The lowest BCUT2D eigenvalue weighted by molar-refractivity contribution is -0.111. The van der Waals surface area contributed by atoms with Gasteiger partial charge in [0.2, 0.25) is 5.91 Å². The number of nitrogens with zero attached hydrogens (tertiary/aromatic N) is 3. The molecule has 1 aromatic carbocycles. The van der Waals surface area contributed by atoms with E-state index >= 15 is 0 Å². The summed E-state index contributed by atoms with van der Waals surface area (Å²) in [4.78, 5) is 16.6. The second-order valence-electron chi connectivity index (χ2n) is 6.27. The first-order valence-corrected chi connectivity index (χ1v) is 9.52. The Morgan fingerprint density at radius 3 is 2.76 bits per heavy atom. The Bertz CT molecular complexity index is 1110. The average Bonchev–Trinajstić information content (AvgIpc) is 3.06. The molecule has 0 bridgehead atoms. The fraction of sp³-hybridized carbons (Fsp3) is 0.150. The molecule has 1 amide bonds. The number of aromatic nitrogens is 3. The largest absolute Gasteiger partial charge is 0.486 e. The van der Waals surface area contributed by atoms with Gasteiger partial charge in [-0.3, -0.25) is 4.79 Å². The van der Waals surface area contributed by atoms with Crippen LogP contribution in [0.4, 0.5) is 5.82 Å². The molecule has 1 N–H and O–H groups in total. The normalized spacial score (nSPS) is 12.9. The minimum absolute atomic E-state index is 0.322. The molecule has 148 valence electrons. The zero-order chi connectivity index (χ0) is 20.4. The lowest BCUT2D eigenvalue weighted by atomic mass is 10.2. The number of nitrogens with one attached hydrogen (secondary N) is 1. The third kappa shape index (κ3) is 4.36. The van der Waals surface area contributed by atoms with Crippen molar-refractivity contribution in [3.8, 4) is 17.3 Å². The van der Waals surface area contributed by atoms with Gasteiger partial charge in [-0.25, -0.2) is 4.98 Å². The first-order chi connectivity index (χ1) is 14.0. The predicted octanol–water partition coefficient (Wildman–Crippen LogP) is 4.31. The van der Waals surface area contributed by atoms with Crippen molar-refractivity contribution in [3.63, 3.8) is 0 Å². The molecule has 0 atom stereocenters. The Morgan fingerprint density at radius 1 is 1.17 bits per heavy atom. The number of ether oxygens (including phenoxy) is 2. The van der Waals surface area contributed by atoms with E-state index in [2.05, 4.69) is 15.4 Å².